The summed E-state index contributed by atoms with van der Waals surface area (Å²) in [5.74, 6) is 0.568. The zero-order valence-electron chi connectivity index (χ0n) is 11.2. The minimum absolute atomic E-state index is 0.0501. The Balaban J connectivity index is 0.00000106. The number of rotatable bonds is 1. The molecule has 4 N–H and O–H groups in total. The number of hydrogen-bond donors (Lipinski definition) is 2. The van der Waals surface area contributed by atoms with Gasteiger partial charge in [0.1, 0.15) is 0 Å². The molecule has 0 radical (unpaired) electrons. The average Bonchev–Trinajstić information content (AvgIpc) is 2.19. The van der Waals surface area contributed by atoms with Crippen LogP contribution in [0.15, 0.2) is 12.1 Å². The minimum Gasteiger partial charge on any atom is -0.492 e. The summed E-state index contributed by atoms with van der Waals surface area (Å²) >= 11 is 0. The lowest BCUT2D eigenvalue weighted by atomic mass is 9.86. The summed E-state index contributed by atoms with van der Waals surface area (Å²) in [4.78, 5) is 0. The lowest BCUT2D eigenvalue weighted by Gasteiger charge is -2.21. The smallest absolute Gasteiger partial charge is 0.164 e. The Bertz CT molecular complexity index is 317. The Kier molecular flexibility index (Phi) is 5.15. The molecule has 1 rings (SSSR count). The quantitative estimate of drug-likeness (QED) is 0.720. The molecule has 16 heavy (non-hydrogen) atoms. The fourth-order valence-corrected chi connectivity index (χ4v) is 1.34. The molecule has 0 aliphatic carbocycles. The van der Waals surface area contributed by atoms with E-state index in [0.29, 0.717) is 17.1 Å². The predicted molar refractivity (Wildman–Crippen MR) is 71.9 cm³/mol. The molecule has 0 bridgehead atoms. The molecule has 0 saturated carbocycles. The third kappa shape index (κ3) is 3.33. The van der Waals surface area contributed by atoms with Crippen LogP contribution in [0.4, 0.5) is 11.4 Å². The second kappa shape index (κ2) is 5.64. The molecule has 3 nitrogen and oxygen atoms in total. The maximum atomic E-state index is 5.82. The van der Waals surface area contributed by atoms with Crippen molar-refractivity contribution in [3.05, 3.63) is 17.7 Å². The van der Waals surface area contributed by atoms with Crippen molar-refractivity contribution in [1.82, 2.24) is 0 Å². The first-order valence-electron chi connectivity index (χ1n) is 5.59. The van der Waals surface area contributed by atoms with E-state index in [0.717, 1.165) is 5.56 Å². The number of methoxy groups -OCH3 is 1. The van der Waals surface area contributed by atoms with E-state index in [1.165, 1.54) is 0 Å². The zero-order valence-corrected chi connectivity index (χ0v) is 11.2. The van der Waals surface area contributed by atoms with Gasteiger partial charge in [-0.05, 0) is 23.1 Å². The van der Waals surface area contributed by atoms with E-state index in [1.807, 2.05) is 26.0 Å². The van der Waals surface area contributed by atoms with Gasteiger partial charge in [0.2, 0.25) is 0 Å². The van der Waals surface area contributed by atoms with E-state index in [9.17, 15) is 0 Å². The van der Waals surface area contributed by atoms with Crippen LogP contribution in [0.25, 0.3) is 0 Å². The number of nitrogens with two attached hydrogens (primary N) is 2. The third-order valence-corrected chi connectivity index (χ3v) is 2.22. The number of hydrogen-bond acceptors (Lipinski definition) is 3. The molecular formula is C13H24N2O. The first-order valence-corrected chi connectivity index (χ1v) is 5.59. The molecule has 0 unspecified atom stereocenters. The van der Waals surface area contributed by atoms with E-state index in [2.05, 4.69) is 20.8 Å². The van der Waals surface area contributed by atoms with Crippen molar-refractivity contribution in [2.24, 2.45) is 0 Å². The molecule has 0 fully saturated rings. The van der Waals surface area contributed by atoms with Crippen molar-refractivity contribution < 1.29 is 4.74 Å². The molecule has 3 heteroatoms. The van der Waals surface area contributed by atoms with Gasteiger partial charge in [-0.15, -0.1) is 0 Å². The van der Waals surface area contributed by atoms with Gasteiger partial charge < -0.3 is 16.2 Å². The highest BCUT2D eigenvalue weighted by Gasteiger charge is 2.17. The molecule has 0 aliphatic rings. The van der Waals surface area contributed by atoms with Crippen molar-refractivity contribution in [1.29, 1.82) is 0 Å². The largest absolute Gasteiger partial charge is 0.492 e. The highest BCUT2D eigenvalue weighted by molar-refractivity contribution is 5.69. The molecule has 0 saturated heterocycles. The van der Waals surface area contributed by atoms with E-state index in [-0.39, 0.29) is 5.41 Å². The molecule has 0 heterocycles. The van der Waals surface area contributed by atoms with Gasteiger partial charge in [-0.3, -0.25) is 0 Å². The van der Waals surface area contributed by atoms with Gasteiger partial charge >= 0.3 is 0 Å². The Hall–Kier alpha value is -1.38. The maximum Gasteiger partial charge on any atom is 0.164 e. The van der Waals surface area contributed by atoms with Gasteiger partial charge in [-0.1, -0.05) is 34.6 Å². The summed E-state index contributed by atoms with van der Waals surface area (Å²) in [6.07, 6.45) is 0. The van der Waals surface area contributed by atoms with E-state index >= 15 is 0 Å². The van der Waals surface area contributed by atoms with Gasteiger partial charge in [0.25, 0.3) is 0 Å². The molecule has 0 aliphatic heterocycles. The van der Waals surface area contributed by atoms with Crippen LogP contribution in [0.2, 0.25) is 0 Å². The fraction of sp³-hybridized carbons (Fsp3) is 0.538. The Morgan fingerprint density at radius 1 is 1.00 bits per heavy atom. The summed E-state index contributed by atoms with van der Waals surface area (Å²) in [6.45, 7) is 10.4. The van der Waals surface area contributed by atoms with Crippen LogP contribution in [-0.2, 0) is 5.41 Å². The first-order chi connectivity index (χ1) is 7.36. The van der Waals surface area contributed by atoms with Crippen molar-refractivity contribution in [3.8, 4) is 5.75 Å². The third-order valence-electron chi connectivity index (χ3n) is 2.22. The minimum atomic E-state index is 0.0501. The van der Waals surface area contributed by atoms with Crippen LogP contribution < -0.4 is 16.2 Å². The van der Waals surface area contributed by atoms with Gasteiger partial charge in [0.05, 0.1) is 18.5 Å². The van der Waals surface area contributed by atoms with Crippen LogP contribution in [0.5, 0.6) is 5.75 Å². The summed E-state index contributed by atoms with van der Waals surface area (Å²) in [6, 6.07) is 3.82. The predicted octanol–water partition coefficient (Wildman–Crippen LogP) is 3.18. The number of anilines is 2. The zero-order chi connectivity index (χ0) is 12.9. The highest BCUT2D eigenvalue weighted by atomic mass is 16.5. The molecule has 0 atom stereocenters. The average molecular weight is 224 g/mol. The second-order valence-electron chi connectivity index (χ2n) is 4.44. The summed E-state index contributed by atoms with van der Waals surface area (Å²) in [5, 5.41) is 0. The van der Waals surface area contributed by atoms with Crippen molar-refractivity contribution in [2.75, 3.05) is 18.6 Å². The lowest BCUT2D eigenvalue weighted by molar-refractivity contribution is 0.418. The standard InChI is InChI=1S/C11H18N2O.C2H6/c1-11(2,3)7-5-8(12)10(14-4)9(13)6-7;1-2/h5-6H,12-13H2,1-4H3;1-2H3. The van der Waals surface area contributed by atoms with E-state index in [4.69, 9.17) is 16.2 Å². The van der Waals surface area contributed by atoms with E-state index < -0.39 is 0 Å². The molecule has 0 aromatic heterocycles. The monoisotopic (exact) mass is 224 g/mol. The van der Waals surface area contributed by atoms with Crippen LogP contribution in [0.1, 0.15) is 40.2 Å². The van der Waals surface area contributed by atoms with Gasteiger partial charge in [-0.2, -0.15) is 0 Å². The summed E-state index contributed by atoms with van der Waals surface area (Å²) < 4.78 is 5.09. The van der Waals surface area contributed by atoms with Crippen LogP contribution >= 0.6 is 0 Å². The molecule has 1 aromatic carbocycles. The van der Waals surface area contributed by atoms with Crippen LogP contribution in [0, 0.1) is 0 Å². The second-order valence-corrected chi connectivity index (χ2v) is 4.44. The summed E-state index contributed by atoms with van der Waals surface area (Å²) in [5.41, 5.74) is 14.0. The Labute approximate surface area is 98.8 Å². The van der Waals surface area contributed by atoms with Crippen molar-refractivity contribution >= 4 is 11.4 Å². The normalized spacial score (nSPS) is 10.4. The molecule has 92 valence electrons. The first kappa shape index (κ1) is 14.6. The molecule has 1 aromatic rings. The lowest BCUT2D eigenvalue weighted by Crippen LogP contribution is -2.12. The Morgan fingerprint density at radius 3 is 1.62 bits per heavy atom. The van der Waals surface area contributed by atoms with Gasteiger partial charge in [-0.25, -0.2) is 0 Å². The SMILES string of the molecule is CC.COc1c(N)cc(C(C)(C)C)cc1N. The van der Waals surface area contributed by atoms with E-state index in [1.54, 1.807) is 7.11 Å². The molecular weight excluding hydrogens is 200 g/mol. The molecule has 0 spiro atoms. The van der Waals surface area contributed by atoms with Crippen molar-refractivity contribution in [3.63, 3.8) is 0 Å². The van der Waals surface area contributed by atoms with Gasteiger partial charge in [0.15, 0.2) is 5.75 Å². The fourth-order valence-electron chi connectivity index (χ4n) is 1.34. The highest BCUT2D eigenvalue weighted by Crippen LogP contribution is 2.34. The Morgan fingerprint density at radius 2 is 1.38 bits per heavy atom. The number of nitrogen functional groups attached to an aromatic ring is 2. The molecule has 0 amide bonds. The number of benzene rings is 1. The van der Waals surface area contributed by atoms with Crippen LogP contribution in [0.3, 0.4) is 0 Å². The van der Waals surface area contributed by atoms with Crippen molar-refractivity contribution in [2.45, 2.75) is 40.0 Å². The summed E-state index contributed by atoms with van der Waals surface area (Å²) in [7, 11) is 1.57. The van der Waals surface area contributed by atoms with Crippen LogP contribution in [-0.4, -0.2) is 7.11 Å². The number of ether oxygens (including phenoxy) is 1. The van der Waals surface area contributed by atoms with Gasteiger partial charge in [0, 0.05) is 0 Å². The topological polar surface area (TPSA) is 61.3 Å². The maximum absolute atomic E-state index is 5.82.